The number of carbonyl (C=O) groups is 1. The second kappa shape index (κ2) is 8.69. The van der Waals surface area contributed by atoms with E-state index in [0.717, 1.165) is 53.6 Å². The van der Waals surface area contributed by atoms with Crippen molar-refractivity contribution in [3.05, 3.63) is 53.2 Å². The van der Waals surface area contributed by atoms with E-state index in [-0.39, 0.29) is 6.04 Å². The monoisotopic (exact) mass is 408 g/mol. The van der Waals surface area contributed by atoms with Gasteiger partial charge in [-0.25, -0.2) is 0 Å². The second-order valence-electron chi connectivity index (χ2n) is 7.51. The van der Waals surface area contributed by atoms with Gasteiger partial charge >= 0.3 is 0 Å². The van der Waals surface area contributed by atoms with E-state index in [2.05, 4.69) is 23.3 Å². The van der Waals surface area contributed by atoms with E-state index in [0.29, 0.717) is 18.9 Å². The molecule has 1 N–H and O–H groups in total. The maximum Gasteiger partial charge on any atom is 0.210 e. The third-order valence-electron chi connectivity index (χ3n) is 5.92. The van der Waals surface area contributed by atoms with Crippen molar-refractivity contribution in [2.45, 2.75) is 32.2 Å². The summed E-state index contributed by atoms with van der Waals surface area (Å²) >= 11 is 0. The third kappa shape index (κ3) is 3.70. The van der Waals surface area contributed by atoms with Gasteiger partial charge in [-0.2, -0.15) is 0 Å². The Morgan fingerprint density at radius 3 is 2.77 bits per heavy atom. The molecule has 0 bridgehead atoms. The molecule has 6 heteroatoms. The highest BCUT2D eigenvalue weighted by Gasteiger charge is 2.28. The number of carbonyl (C=O) groups excluding carboxylic acids is 1. The van der Waals surface area contributed by atoms with Crippen molar-refractivity contribution in [1.82, 2.24) is 9.88 Å². The number of amides is 1. The van der Waals surface area contributed by atoms with E-state index >= 15 is 0 Å². The number of hydrogen-bond donors (Lipinski definition) is 1. The van der Waals surface area contributed by atoms with E-state index in [9.17, 15) is 4.79 Å². The zero-order valence-corrected chi connectivity index (χ0v) is 17.7. The zero-order chi connectivity index (χ0) is 21.1. The van der Waals surface area contributed by atoms with Crippen molar-refractivity contribution in [3.63, 3.8) is 0 Å². The van der Waals surface area contributed by atoms with Gasteiger partial charge in [0.2, 0.25) is 6.41 Å². The van der Waals surface area contributed by atoms with E-state index in [1.165, 1.54) is 11.1 Å². The van der Waals surface area contributed by atoms with Gasteiger partial charge in [-0.05, 0) is 73.2 Å². The molecule has 0 spiro atoms. The average Bonchev–Trinajstić information content (AvgIpc) is 3.19. The van der Waals surface area contributed by atoms with Crippen molar-refractivity contribution >= 4 is 17.3 Å². The molecular formula is C24H28N2O4. The van der Waals surface area contributed by atoms with Gasteiger partial charge in [-0.15, -0.1) is 0 Å². The summed E-state index contributed by atoms with van der Waals surface area (Å²) in [6.07, 6.45) is 5.51. The van der Waals surface area contributed by atoms with Crippen molar-refractivity contribution in [1.29, 1.82) is 0 Å². The fraction of sp³-hybridized carbons (Fsp3) is 0.375. The lowest BCUT2D eigenvalue weighted by molar-refractivity contribution is -0.120. The molecule has 0 saturated heterocycles. The molecule has 2 heterocycles. The summed E-state index contributed by atoms with van der Waals surface area (Å²) in [5.74, 6) is 2.32. The molecule has 0 radical (unpaired) electrons. The maximum absolute atomic E-state index is 11.8. The predicted octanol–water partition coefficient (Wildman–Crippen LogP) is 4.27. The standard InChI is InChI=1S/C24H28N2O4/c1-4-30-24-11-16-9-10-26(15-27)22(20(16)13-23(24)29-3)8-5-17-14-25-21-7-6-18(28-2)12-19(17)21/h6-7,11-15,22,25H,4-5,8-10H2,1-3H3/t22-/m0/s1. The molecule has 3 aromatic rings. The van der Waals surface area contributed by atoms with Crippen molar-refractivity contribution in [2.75, 3.05) is 27.4 Å². The number of aromatic nitrogens is 1. The van der Waals surface area contributed by atoms with Crippen molar-refractivity contribution in [3.8, 4) is 17.2 Å². The number of ether oxygens (including phenoxy) is 3. The van der Waals surface area contributed by atoms with Crippen LogP contribution in [0.3, 0.4) is 0 Å². The lowest BCUT2D eigenvalue weighted by atomic mass is 9.88. The molecule has 1 aromatic heterocycles. The molecule has 0 saturated carbocycles. The lowest BCUT2D eigenvalue weighted by Crippen LogP contribution is -2.34. The Hall–Kier alpha value is -3.15. The quantitative estimate of drug-likeness (QED) is 0.566. The summed E-state index contributed by atoms with van der Waals surface area (Å²) in [5, 5.41) is 1.16. The molecule has 0 fully saturated rings. The largest absolute Gasteiger partial charge is 0.497 e. The molecule has 1 aliphatic rings. The molecule has 1 atom stereocenters. The van der Waals surface area contributed by atoms with Crippen LogP contribution in [0.5, 0.6) is 17.2 Å². The summed E-state index contributed by atoms with van der Waals surface area (Å²) in [5.41, 5.74) is 4.68. The average molecular weight is 408 g/mol. The van der Waals surface area contributed by atoms with Crippen LogP contribution >= 0.6 is 0 Å². The van der Waals surface area contributed by atoms with Gasteiger partial charge in [0.05, 0.1) is 26.9 Å². The molecule has 0 aliphatic carbocycles. The topological polar surface area (TPSA) is 63.8 Å². The van der Waals surface area contributed by atoms with Crippen LogP contribution in [-0.4, -0.2) is 43.7 Å². The van der Waals surface area contributed by atoms with Gasteiger partial charge in [-0.3, -0.25) is 4.79 Å². The number of fused-ring (bicyclic) bond motifs is 2. The first kappa shape index (κ1) is 20.1. The van der Waals surface area contributed by atoms with E-state index in [1.54, 1.807) is 14.2 Å². The normalized spacial score (nSPS) is 15.7. The van der Waals surface area contributed by atoms with Crippen LogP contribution in [0.25, 0.3) is 10.9 Å². The number of nitrogens with one attached hydrogen (secondary N) is 1. The smallest absolute Gasteiger partial charge is 0.210 e. The molecule has 4 rings (SSSR count). The van der Waals surface area contributed by atoms with Gasteiger partial charge in [0.25, 0.3) is 0 Å². The molecule has 0 unspecified atom stereocenters. The zero-order valence-electron chi connectivity index (χ0n) is 17.7. The Kier molecular flexibility index (Phi) is 5.84. The summed E-state index contributed by atoms with van der Waals surface area (Å²) in [4.78, 5) is 17.0. The first-order valence-corrected chi connectivity index (χ1v) is 10.4. The second-order valence-corrected chi connectivity index (χ2v) is 7.51. The molecule has 6 nitrogen and oxygen atoms in total. The first-order valence-electron chi connectivity index (χ1n) is 10.4. The van der Waals surface area contributed by atoms with Gasteiger partial charge in [0, 0.05) is 23.6 Å². The van der Waals surface area contributed by atoms with Crippen LogP contribution < -0.4 is 14.2 Å². The SMILES string of the molecule is CCOc1cc2c(cc1OC)[C@H](CCc1c[nH]c3ccc(OC)cc13)N(C=O)CC2. The molecule has 1 aliphatic heterocycles. The Morgan fingerprint density at radius 1 is 1.17 bits per heavy atom. The first-order chi connectivity index (χ1) is 14.7. The highest BCUT2D eigenvalue weighted by atomic mass is 16.5. The molecule has 1 amide bonds. The Labute approximate surface area is 176 Å². The van der Waals surface area contributed by atoms with Crippen LogP contribution in [0.2, 0.25) is 0 Å². The Balaban J connectivity index is 1.64. The molecule has 158 valence electrons. The van der Waals surface area contributed by atoms with Gasteiger partial charge in [0.1, 0.15) is 5.75 Å². The van der Waals surface area contributed by atoms with E-state index in [1.807, 2.05) is 30.0 Å². The summed E-state index contributed by atoms with van der Waals surface area (Å²) < 4.78 is 16.7. The van der Waals surface area contributed by atoms with Crippen molar-refractivity contribution < 1.29 is 19.0 Å². The molecule has 2 aromatic carbocycles. The number of aryl methyl sites for hydroxylation is 1. The minimum absolute atomic E-state index is 0.00591. The highest BCUT2D eigenvalue weighted by Crippen LogP contribution is 2.40. The maximum atomic E-state index is 11.8. The minimum Gasteiger partial charge on any atom is -0.497 e. The molecular weight excluding hydrogens is 380 g/mol. The Bertz CT molecular complexity index is 1040. The summed E-state index contributed by atoms with van der Waals surface area (Å²) in [6, 6.07) is 10.2. The summed E-state index contributed by atoms with van der Waals surface area (Å²) in [6.45, 7) is 3.26. The fourth-order valence-corrected chi connectivity index (χ4v) is 4.39. The van der Waals surface area contributed by atoms with Crippen LogP contribution in [0.15, 0.2) is 36.5 Å². The fourth-order valence-electron chi connectivity index (χ4n) is 4.39. The van der Waals surface area contributed by atoms with Crippen LogP contribution in [0, 0.1) is 0 Å². The number of aromatic amines is 1. The van der Waals surface area contributed by atoms with Crippen LogP contribution in [0.4, 0.5) is 0 Å². The summed E-state index contributed by atoms with van der Waals surface area (Å²) in [7, 11) is 3.33. The lowest BCUT2D eigenvalue weighted by Gasteiger charge is -2.35. The number of methoxy groups -OCH3 is 2. The highest BCUT2D eigenvalue weighted by molar-refractivity contribution is 5.84. The molecule has 30 heavy (non-hydrogen) atoms. The minimum atomic E-state index is 0.00591. The predicted molar refractivity (Wildman–Crippen MR) is 117 cm³/mol. The Morgan fingerprint density at radius 2 is 2.03 bits per heavy atom. The van der Waals surface area contributed by atoms with Gasteiger partial charge < -0.3 is 24.1 Å². The van der Waals surface area contributed by atoms with E-state index in [4.69, 9.17) is 14.2 Å². The number of benzene rings is 2. The number of hydrogen-bond acceptors (Lipinski definition) is 4. The van der Waals surface area contributed by atoms with Crippen molar-refractivity contribution in [2.24, 2.45) is 0 Å². The van der Waals surface area contributed by atoms with Crippen LogP contribution in [-0.2, 0) is 17.6 Å². The van der Waals surface area contributed by atoms with Gasteiger partial charge in [0.15, 0.2) is 11.5 Å². The number of nitrogens with zero attached hydrogens (tertiary/aromatic N) is 1. The third-order valence-corrected chi connectivity index (χ3v) is 5.92. The van der Waals surface area contributed by atoms with Crippen LogP contribution in [0.1, 0.15) is 36.1 Å². The van der Waals surface area contributed by atoms with Gasteiger partial charge in [-0.1, -0.05) is 0 Å². The number of rotatable bonds is 8. The van der Waals surface area contributed by atoms with E-state index < -0.39 is 0 Å². The number of H-pyrrole nitrogens is 1.